The topological polar surface area (TPSA) is 61.4 Å². The predicted molar refractivity (Wildman–Crippen MR) is 71.1 cm³/mol. The monoisotopic (exact) mass is 255 g/mol. The Morgan fingerprint density at radius 2 is 2.11 bits per heavy atom. The molecule has 0 radical (unpaired) electrons. The predicted octanol–water partition coefficient (Wildman–Crippen LogP) is 0.359. The lowest BCUT2D eigenvalue weighted by atomic mass is 9.90. The Bertz CT molecular complexity index is 292. The molecule has 5 heteroatoms. The van der Waals surface area contributed by atoms with Crippen LogP contribution in [0.3, 0.4) is 0 Å². The summed E-state index contributed by atoms with van der Waals surface area (Å²) in [6.07, 6.45) is 3.55. The van der Waals surface area contributed by atoms with E-state index in [0.29, 0.717) is 18.9 Å². The van der Waals surface area contributed by atoms with Gasteiger partial charge in [0.05, 0.1) is 6.04 Å². The number of piperidine rings is 1. The fraction of sp³-hybridized carbons (Fsp3) is 0.846. The molecule has 0 aromatic rings. The van der Waals surface area contributed by atoms with Crippen LogP contribution in [0.25, 0.3) is 0 Å². The summed E-state index contributed by atoms with van der Waals surface area (Å²) in [5.74, 6) is 0.712. The van der Waals surface area contributed by atoms with E-state index in [4.69, 9.17) is 0 Å². The molecule has 104 valence electrons. The van der Waals surface area contributed by atoms with Crippen LogP contribution in [-0.4, -0.2) is 49.9 Å². The van der Waals surface area contributed by atoms with E-state index >= 15 is 0 Å². The van der Waals surface area contributed by atoms with Crippen molar-refractivity contribution >= 4 is 11.8 Å². The van der Waals surface area contributed by atoms with Gasteiger partial charge in [-0.1, -0.05) is 13.3 Å². The number of carbonyl (C=O) groups is 2. The van der Waals surface area contributed by atoms with E-state index in [1.807, 2.05) is 0 Å². The Labute approximate surface area is 109 Å². The number of nitrogens with one attached hydrogen (secondary N) is 2. The van der Waals surface area contributed by atoms with Crippen molar-refractivity contribution in [2.45, 2.75) is 38.6 Å². The van der Waals surface area contributed by atoms with Crippen molar-refractivity contribution in [3.05, 3.63) is 0 Å². The van der Waals surface area contributed by atoms with Gasteiger partial charge in [0, 0.05) is 27.1 Å². The van der Waals surface area contributed by atoms with E-state index < -0.39 is 0 Å². The van der Waals surface area contributed by atoms with Crippen LogP contribution in [0.2, 0.25) is 0 Å². The summed E-state index contributed by atoms with van der Waals surface area (Å²) < 4.78 is 0. The van der Waals surface area contributed by atoms with Crippen LogP contribution >= 0.6 is 0 Å². The van der Waals surface area contributed by atoms with Gasteiger partial charge in [0.15, 0.2) is 0 Å². The molecule has 0 spiro atoms. The van der Waals surface area contributed by atoms with Gasteiger partial charge in [0.1, 0.15) is 0 Å². The first-order valence-corrected chi connectivity index (χ1v) is 6.75. The third-order valence-corrected chi connectivity index (χ3v) is 3.54. The first-order chi connectivity index (χ1) is 8.54. The second-order valence-corrected chi connectivity index (χ2v) is 5.13. The fourth-order valence-electron chi connectivity index (χ4n) is 2.21. The average Bonchev–Trinajstić information content (AvgIpc) is 2.38. The van der Waals surface area contributed by atoms with Crippen molar-refractivity contribution in [1.82, 2.24) is 15.5 Å². The quantitative estimate of drug-likeness (QED) is 0.745. The van der Waals surface area contributed by atoms with Crippen LogP contribution in [-0.2, 0) is 9.59 Å². The van der Waals surface area contributed by atoms with Gasteiger partial charge in [0.2, 0.25) is 11.8 Å². The standard InChI is InChI=1S/C13H25N3O2/c1-4-10-5-7-14-11(9-10)13(18)15-8-6-12(17)16(2)3/h10-11,14H,4-9H2,1-3H3,(H,15,18). The molecule has 0 aromatic heterocycles. The fourth-order valence-corrected chi connectivity index (χ4v) is 2.21. The highest BCUT2D eigenvalue weighted by atomic mass is 16.2. The van der Waals surface area contributed by atoms with Gasteiger partial charge in [-0.3, -0.25) is 9.59 Å². The molecule has 1 saturated heterocycles. The molecule has 18 heavy (non-hydrogen) atoms. The summed E-state index contributed by atoms with van der Waals surface area (Å²) in [7, 11) is 3.44. The van der Waals surface area contributed by atoms with Crippen molar-refractivity contribution in [1.29, 1.82) is 0 Å². The average molecular weight is 255 g/mol. The maximum absolute atomic E-state index is 11.9. The highest BCUT2D eigenvalue weighted by Crippen LogP contribution is 2.19. The van der Waals surface area contributed by atoms with Crippen LogP contribution in [0.15, 0.2) is 0 Å². The van der Waals surface area contributed by atoms with Gasteiger partial charge in [-0.25, -0.2) is 0 Å². The lowest BCUT2D eigenvalue weighted by Crippen LogP contribution is -2.49. The molecule has 2 unspecified atom stereocenters. The first kappa shape index (κ1) is 15.0. The zero-order chi connectivity index (χ0) is 13.5. The number of hydrogen-bond acceptors (Lipinski definition) is 3. The van der Waals surface area contributed by atoms with Gasteiger partial charge in [-0.2, -0.15) is 0 Å². The molecule has 1 heterocycles. The number of carbonyl (C=O) groups excluding carboxylic acids is 2. The minimum Gasteiger partial charge on any atom is -0.354 e. The number of amides is 2. The molecule has 0 saturated carbocycles. The lowest BCUT2D eigenvalue weighted by molar-refractivity contribution is -0.129. The molecule has 2 atom stereocenters. The van der Waals surface area contributed by atoms with Crippen molar-refractivity contribution in [2.75, 3.05) is 27.2 Å². The Hall–Kier alpha value is -1.10. The summed E-state index contributed by atoms with van der Waals surface area (Å²) in [6, 6.07) is -0.0850. The van der Waals surface area contributed by atoms with Crippen LogP contribution in [0.4, 0.5) is 0 Å². The minimum absolute atomic E-state index is 0.0275. The molecule has 0 bridgehead atoms. The Balaban J connectivity index is 2.26. The molecular formula is C13H25N3O2. The van der Waals surface area contributed by atoms with Crippen LogP contribution in [0.1, 0.15) is 32.6 Å². The number of nitrogens with zero attached hydrogens (tertiary/aromatic N) is 1. The maximum atomic E-state index is 11.9. The number of hydrogen-bond donors (Lipinski definition) is 2. The summed E-state index contributed by atoms with van der Waals surface area (Å²) in [6.45, 7) is 3.50. The Morgan fingerprint density at radius 3 is 2.72 bits per heavy atom. The molecule has 1 aliphatic heterocycles. The van der Waals surface area contributed by atoms with Crippen LogP contribution in [0, 0.1) is 5.92 Å². The largest absolute Gasteiger partial charge is 0.354 e. The second kappa shape index (κ2) is 7.36. The summed E-state index contributed by atoms with van der Waals surface area (Å²) in [4.78, 5) is 24.8. The van der Waals surface area contributed by atoms with Gasteiger partial charge >= 0.3 is 0 Å². The Morgan fingerprint density at radius 1 is 1.39 bits per heavy atom. The Kier molecular flexibility index (Phi) is 6.12. The highest BCUT2D eigenvalue weighted by molar-refractivity contribution is 5.82. The van der Waals surface area contributed by atoms with Crippen molar-refractivity contribution < 1.29 is 9.59 Å². The van der Waals surface area contributed by atoms with Crippen LogP contribution in [0.5, 0.6) is 0 Å². The minimum atomic E-state index is -0.0850. The van der Waals surface area contributed by atoms with Crippen molar-refractivity contribution in [3.8, 4) is 0 Å². The van der Waals surface area contributed by atoms with Crippen LogP contribution < -0.4 is 10.6 Å². The van der Waals surface area contributed by atoms with Gasteiger partial charge < -0.3 is 15.5 Å². The molecule has 1 fully saturated rings. The molecule has 5 nitrogen and oxygen atoms in total. The third-order valence-electron chi connectivity index (χ3n) is 3.54. The number of rotatable bonds is 5. The summed E-state index contributed by atoms with van der Waals surface area (Å²) in [5, 5.41) is 6.07. The molecule has 1 rings (SSSR count). The van der Waals surface area contributed by atoms with Gasteiger partial charge in [-0.15, -0.1) is 0 Å². The zero-order valence-corrected chi connectivity index (χ0v) is 11.7. The highest BCUT2D eigenvalue weighted by Gasteiger charge is 2.25. The van der Waals surface area contributed by atoms with E-state index in [2.05, 4.69) is 17.6 Å². The van der Waals surface area contributed by atoms with E-state index in [0.717, 1.165) is 25.8 Å². The molecule has 2 amide bonds. The molecular weight excluding hydrogens is 230 g/mol. The normalized spacial score (nSPS) is 23.5. The smallest absolute Gasteiger partial charge is 0.237 e. The summed E-state index contributed by atoms with van der Waals surface area (Å²) in [5.41, 5.74) is 0. The second-order valence-electron chi connectivity index (χ2n) is 5.13. The first-order valence-electron chi connectivity index (χ1n) is 6.75. The molecule has 0 aliphatic carbocycles. The summed E-state index contributed by atoms with van der Waals surface area (Å²) >= 11 is 0. The lowest BCUT2D eigenvalue weighted by Gasteiger charge is -2.28. The van der Waals surface area contributed by atoms with E-state index in [-0.39, 0.29) is 17.9 Å². The SMILES string of the molecule is CCC1CCNC(C(=O)NCCC(=O)N(C)C)C1. The van der Waals surface area contributed by atoms with E-state index in [1.165, 1.54) is 4.90 Å². The molecule has 1 aliphatic rings. The van der Waals surface area contributed by atoms with Crippen molar-refractivity contribution in [3.63, 3.8) is 0 Å². The van der Waals surface area contributed by atoms with Gasteiger partial charge in [0.25, 0.3) is 0 Å². The van der Waals surface area contributed by atoms with E-state index in [1.54, 1.807) is 14.1 Å². The zero-order valence-electron chi connectivity index (χ0n) is 11.7. The van der Waals surface area contributed by atoms with E-state index in [9.17, 15) is 9.59 Å². The third kappa shape index (κ3) is 4.64. The van der Waals surface area contributed by atoms with Gasteiger partial charge in [-0.05, 0) is 25.3 Å². The van der Waals surface area contributed by atoms with Crippen molar-refractivity contribution in [2.24, 2.45) is 5.92 Å². The molecule has 0 aromatic carbocycles. The maximum Gasteiger partial charge on any atom is 0.237 e. The molecule has 2 N–H and O–H groups in total.